The highest BCUT2D eigenvalue weighted by molar-refractivity contribution is 9.10. The fourth-order valence-corrected chi connectivity index (χ4v) is 3.50. The number of carbonyl (C=O) groups is 1. The van der Waals surface area contributed by atoms with E-state index in [4.69, 9.17) is 0 Å². The molecular formula is C18H16Br2F3NO. The smallest absolute Gasteiger partial charge is 0.306 e. The van der Waals surface area contributed by atoms with Crippen LogP contribution in [0.1, 0.15) is 35.4 Å². The second-order valence-electron chi connectivity index (χ2n) is 5.18. The van der Waals surface area contributed by atoms with Crippen LogP contribution in [-0.4, -0.2) is 5.91 Å². The zero-order chi connectivity index (χ0) is 18.8. The fourth-order valence-electron chi connectivity index (χ4n) is 2.51. The zero-order valence-corrected chi connectivity index (χ0v) is 16.7. The molecule has 1 aliphatic rings. The Bertz CT molecular complexity index is 760. The lowest BCUT2D eigenvalue weighted by molar-refractivity contribution is -0.137. The number of halogens is 5. The number of rotatable bonds is 2. The van der Waals surface area contributed by atoms with E-state index in [1.54, 1.807) is 4.90 Å². The second-order valence-corrected chi connectivity index (χ2v) is 7.02. The highest BCUT2D eigenvalue weighted by atomic mass is 79.9. The molecule has 0 radical (unpaired) electrons. The molecule has 1 amide bonds. The average molecular weight is 479 g/mol. The highest BCUT2D eigenvalue weighted by Crippen LogP contribution is 2.42. The third-order valence-corrected chi connectivity index (χ3v) is 5.04. The Labute approximate surface area is 161 Å². The predicted octanol–water partition coefficient (Wildman–Crippen LogP) is 6.48. The molecule has 2 aromatic carbocycles. The summed E-state index contributed by atoms with van der Waals surface area (Å²) < 4.78 is 38.7. The second kappa shape index (κ2) is 7.91. The summed E-state index contributed by atoms with van der Waals surface area (Å²) in [5, 5.41) is 0. The lowest BCUT2D eigenvalue weighted by atomic mass is 10.1. The van der Waals surface area contributed by atoms with Gasteiger partial charge in [-0.25, -0.2) is 0 Å². The van der Waals surface area contributed by atoms with Gasteiger partial charge in [-0.1, -0.05) is 57.8 Å². The highest BCUT2D eigenvalue weighted by Gasteiger charge is 2.36. The van der Waals surface area contributed by atoms with E-state index in [0.717, 1.165) is 27.9 Å². The van der Waals surface area contributed by atoms with Gasteiger partial charge in [-0.2, -0.15) is 13.2 Å². The summed E-state index contributed by atoms with van der Waals surface area (Å²) in [5.74, 6) is -0.127. The predicted molar refractivity (Wildman–Crippen MR) is 99.8 cm³/mol. The van der Waals surface area contributed by atoms with Gasteiger partial charge < -0.3 is 4.90 Å². The van der Waals surface area contributed by atoms with Gasteiger partial charge in [-0.3, -0.25) is 4.79 Å². The van der Waals surface area contributed by atoms with Crippen LogP contribution in [-0.2, 0) is 17.5 Å². The van der Waals surface area contributed by atoms with E-state index in [1.807, 2.05) is 32.0 Å². The molecule has 2 nitrogen and oxygen atoms in total. The van der Waals surface area contributed by atoms with E-state index < -0.39 is 16.6 Å². The summed E-state index contributed by atoms with van der Waals surface area (Å²) in [6.07, 6.45) is -4.36. The van der Waals surface area contributed by atoms with E-state index in [9.17, 15) is 18.0 Å². The van der Waals surface area contributed by atoms with Crippen LogP contribution in [0.25, 0.3) is 0 Å². The van der Waals surface area contributed by atoms with E-state index in [1.165, 1.54) is 12.1 Å². The van der Waals surface area contributed by atoms with Crippen molar-refractivity contribution in [3.05, 3.63) is 63.6 Å². The van der Waals surface area contributed by atoms with Crippen molar-refractivity contribution in [3.8, 4) is 0 Å². The van der Waals surface area contributed by atoms with Gasteiger partial charge in [0.05, 0.1) is 12.1 Å². The van der Waals surface area contributed by atoms with Crippen LogP contribution in [0.3, 0.4) is 0 Å². The van der Waals surface area contributed by atoms with E-state index >= 15 is 0 Å². The number of hydrogen-bond acceptors (Lipinski definition) is 1. The number of carbonyl (C=O) groups excluding carboxylic acids is 1. The first kappa shape index (κ1) is 20.0. The van der Waals surface area contributed by atoms with Gasteiger partial charge in [0, 0.05) is 15.7 Å². The van der Waals surface area contributed by atoms with Crippen LogP contribution in [0.4, 0.5) is 18.9 Å². The Morgan fingerprint density at radius 2 is 1.68 bits per heavy atom. The summed E-state index contributed by atoms with van der Waals surface area (Å²) in [4.78, 5) is 13.5. The average Bonchev–Trinajstić information content (AvgIpc) is 2.81. The SMILES string of the molecule is CC.O=C1C(Br)c2cc(Br)ccc2N1Cc1ccc(C(F)(F)F)cc1. The molecule has 2 aromatic rings. The van der Waals surface area contributed by atoms with Gasteiger partial charge >= 0.3 is 6.18 Å². The molecule has 0 spiro atoms. The lowest BCUT2D eigenvalue weighted by Gasteiger charge is -2.18. The summed E-state index contributed by atoms with van der Waals surface area (Å²) in [6.45, 7) is 4.23. The van der Waals surface area contributed by atoms with Crippen molar-refractivity contribution in [1.29, 1.82) is 0 Å². The van der Waals surface area contributed by atoms with Crippen molar-refractivity contribution < 1.29 is 18.0 Å². The molecule has 0 saturated heterocycles. The fraction of sp³-hybridized carbons (Fsp3) is 0.278. The number of fused-ring (bicyclic) bond motifs is 1. The Morgan fingerprint density at radius 1 is 1.08 bits per heavy atom. The van der Waals surface area contributed by atoms with Crippen LogP contribution in [0.15, 0.2) is 46.9 Å². The maximum atomic E-state index is 12.6. The molecule has 0 saturated carbocycles. The summed E-state index contributed by atoms with van der Waals surface area (Å²) in [6, 6.07) is 10.4. The molecule has 0 N–H and O–H groups in total. The molecule has 0 aromatic heterocycles. The molecule has 0 bridgehead atoms. The molecule has 3 rings (SSSR count). The van der Waals surface area contributed by atoms with Gasteiger partial charge in [0.1, 0.15) is 4.83 Å². The molecule has 0 fully saturated rings. The Hall–Kier alpha value is -1.34. The third-order valence-electron chi connectivity index (χ3n) is 3.66. The zero-order valence-electron chi connectivity index (χ0n) is 13.6. The quantitative estimate of drug-likeness (QED) is 0.452. The molecule has 1 atom stereocenters. The van der Waals surface area contributed by atoms with Crippen LogP contribution in [0, 0.1) is 0 Å². The third kappa shape index (κ3) is 4.26. The Kier molecular flexibility index (Phi) is 6.32. The van der Waals surface area contributed by atoms with Gasteiger partial charge in [0.15, 0.2) is 0 Å². The first-order valence-electron chi connectivity index (χ1n) is 7.68. The van der Waals surface area contributed by atoms with Crippen LogP contribution < -0.4 is 4.90 Å². The number of amides is 1. The largest absolute Gasteiger partial charge is 0.416 e. The molecule has 0 aliphatic carbocycles. The number of alkyl halides is 4. The van der Waals surface area contributed by atoms with Crippen molar-refractivity contribution in [1.82, 2.24) is 0 Å². The van der Waals surface area contributed by atoms with Crippen molar-refractivity contribution >= 4 is 43.5 Å². The molecule has 1 aliphatic heterocycles. The minimum absolute atomic E-state index is 0.127. The number of nitrogens with zero attached hydrogens (tertiary/aromatic N) is 1. The minimum atomic E-state index is -4.36. The van der Waals surface area contributed by atoms with Crippen molar-refractivity contribution in [2.75, 3.05) is 4.90 Å². The van der Waals surface area contributed by atoms with E-state index in [2.05, 4.69) is 31.9 Å². The van der Waals surface area contributed by atoms with Crippen LogP contribution >= 0.6 is 31.9 Å². The van der Waals surface area contributed by atoms with Crippen molar-refractivity contribution in [2.24, 2.45) is 0 Å². The molecule has 134 valence electrons. The summed E-state index contributed by atoms with van der Waals surface area (Å²) >= 11 is 6.74. The first-order chi connectivity index (χ1) is 11.8. The Morgan fingerprint density at radius 3 is 2.24 bits per heavy atom. The summed E-state index contributed by atoms with van der Waals surface area (Å²) in [5.41, 5.74) is 1.55. The number of hydrogen-bond donors (Lipinski definition) is 0. The first-order valence-corrected chi connectivity index (χ1v) is 9.39. The molecule has 1 heterocycles. The number of benzene rings is 2. The maximum Gasteiger partial charge on any atom is 0.416 e. The maximum absolute atomic E-state index is 12.6. The monoisotopic (exact) mass is 477 g/mol. The molecule has 25 heavy (non-hydrogen) atoms. The normalized spacial score (nSPS) is 16.4. The van der Waals surface area contributed by atoms with Crippen molar-refractivity contribution in [3.63, 3.8) is 0 Å². The van der Waals surface area contributed by atoms with Gasteiger partial charge in [0.2, 0.25) is 5.91 Å². The molecule has 1 unspecified atom stereocenters. The van der Waals surface area contributed by atoms with Gasteiger partial charge in [-0.15, -0.1) is 0 Å². The van der Waals surface area contributed by atoms with E-state index in [0.29, 0.717) is 5.56 Å². The van der Waals surface area contributed by atoms with Crippen LogP contribution in [0.2, 0.25) is 0 Å². The Balaban J connectivity index is 0.00000109. The standard InChI is InChI=1S/C16H10Br2F3NO.C2H6/c17-11-5-6-13-12(7-11)14(18)15(23)22(13)8-9-1-3-10(4-2-9)16(19,20)21;1-2/h1-7,14H,8H2;1-2H3. The molecular weight excluding hydrogens is 463 g/mol. The van der Waals surface area contributed by atoms with Gasteiger partial charge in [0.25, 0.3) is 0 Å². The van der Waals surface area contributed by atoms with Crippen molar-refractivity contribution in [2.45, 2.75) is 31.4 Å². The summed E-state index contributed by atoms with van der Waals surface area (Å²) in [7, 11) is 0. The minimum Gasteiger partial charge on any atom is -0.306 e. The molecule has 7 heteroatoms. The van der Waals surface area contributed by atoms with Crippen LogP contribution in [0.5, 0.6) is 0 Å². The van der Waals surface area contributed by atoms with Gasteiger partial charge in [-0.05, 0) is 35.9 Å². The number of anilines is 1. The van der Waals surface area contributed by atoms with E-state index in [-0.39, 0.29) is 12.5 Å². The lowest BCUT2D eigenvalue weighted by Crippen LogP contribution is -2.26. The topological polar surface area (TPSA) is 20.3 Å².